The van der Waals surface area contributed by atoms with Crippen molar-refractivity contribution in [2.45, 2.75) is 147 Å². The van der Waals surface area contributed by atoms with Crippen LogP contribution in [0.2, 0.25) is 0 Å². The van der Waals surface area contributed by atoms with Gasteiger partial charge in [-0.3, -0.25) is 24.0 Å². The zero-order valence-electron chi connectivity index (χ0n) is 28.3. The lowest BCUT2D eigenvalue weighted by atomic mass is 10.0. The molecule has 0 aromatic carbocycles. The first-order chi connectivity index (χ1) is 22.1. The maximum atomic E-state index is 13.4. The fourth-order valence-corrected chi connectivity index (χ4v) is 5.06. The zero-order valence-corrected chi connectivity index (χ0v) is 28.3. The van der Waals surface area contributed by atoms with Gasteiger partial charge in [0.05, 0.1) is 0 Å². The zero-order chi connectivity index (χ0) is 34.6. The molecule has 0 aromatic heterocycles. The summed E-state index contributed by atoms with van der Waals surface area (Å²) in [4.78, 5) is 64.5. The maximum absolute atomic E-state index is 13.4. The van der Waals surface area contributed by atoms with Gasteiger partial charge in [-0.1, -0.05) is 58.3 Å². The summed E-state index contributed by atoms with van der Waals surface area (Å²) in [5, 5.41) is 10.9. The summed E-state index contributed by atoms with van der Waals surface area (Å²) >= 11 is 0. The van der Waals surface area contributed by atoms with Crippen molar-refractivity contribution in [2.24, 2.45) is 28.7 Å². The number of amides is 5. The van der Waals surface area contributed by atoms with Crippen LogP contribution >= 0.6 is 0 Å². The van der Waals surface area contributed by atoms with E-state index in [1.54, 1.807) is 0 Å². The predicted octanol–water partition coefficient (Wildman–Crippen LogP) is 0.287. The van der Waals surface area contributed by atoms with Crippen LogP contribution < -0.4 is 49.9 Å². The number of carbonyl (C=O) groups is 5. The number of hydrogen-bond donors (Lipinski definition) is 9. The summed E-state index contributed by atoms with van der Waals surface area (Å²) in [7, 11) is 0. The number of primary amides is 1. The Labute approximate surface area is 276 Å². The molecular formula is C32H65N9O5. The number of rotatable bonds is 30. The van der Waals surface area contributed by atoms with Crippen LogP contribution in [-0.2, 0) is 24.0 Å². The van der Waals surface area contributed by atoms with E-state index in [1.165, 1.54) is 32.1 Å². The fraction of sp³-hybridized carbons (Fsp3) is 0.844. The molecule has 0 aliphatic heterocycles. The molecule has 0 heterocycles. The summed E-state index contributed by atoms with van der Waals surface area (Å²) in [5.74, 6) is -2.61. The molecule has 0 aliphatic rings. The summed E-state index contributed by atoms with van der Waals surface area (Å²) < 4.78 is 0. The fourth-order valence-electron chi connectivity index (χ4n) is 5.06. The van der Waals surface area contributed by atoms with Crippen LogP contribution in [0.25, 0.3) is 0 Å². The average Bonchev–Trinajstić information content (AvgIpc) is 3.03. The van der Waals surface area contributed by atoms with E-state index < -0.39 is 47.8 Å². The van der Waals surface area contributed by atoms with E-state index in [0.29, 0.717) is 51.6 Å². The van der Waals surface area contributed by atoms with E-state index in [2.05, 4.69) is 28.2 Å². The highest BCUT2D eigenvalue weighted by Crippen LogP contribution is 2.11. The number of nitrogens with one attached hydrogen (secondary N) is 4. The SMILES string of the molecule is CCCCCCCCCCCC(=O)NC(CCCN)C(=O)NC(CCCN)C(=O)NC(CCCN)C(=O)NC(CCCN)C(N)=O. The molecule has 14 N–H and O–H groups in total. The normalized spacial score (nSPS) is 13.7. The highest BCUT2D eigenvalue weighted by atomic mass is 16.2. The second-order valence-electron chi connectivity index (χ2n) is 12.0. The van der Waals surface area contributed by atoms with E-state index in [1.807, 2.05) is 0 Å². The minimum absolute atomic E-state index is 0.210. The van der Waals surface area contributed by atoms with Crippen molar-refractivity contribution in [1.29, 1.82) is 0 Å². The predicted molar refractivity (Wildman–Crippen MR) is 182 cm³/mol. The third-order valence-electron chi connectivity index (χ3n) is 7.87. The van der Waals surface area contributed by atoms with Gasteiger partial charge in [0.2, 0.25) is 29.5 Å². The molecule has 0 aliphatic carbocycles. The topological polar surface area (TPSA) is 264 Å². The van der Waals surface area contributed by atoms with Crippen LogP contribution in [0.15, 0.2) is 0 Å². The first-order valence-corrected chi connectivity index (χ1v) is 17.4. The Bertz CT molecular complexity index is 862. The molecule has 0 rings (SSSR count). The van der Waals surface area contributed by atoms with Crippen molar-refractivity contribution in [2.75, 3.05) is 26.2 Å². The molecular weight excluding hydrogens is 590 g/mol. The molecule has 0 saturated heterocycles. The smallest absolute Gasteiger partial charge is 0.243 e. The molecule has 0 spiro atoms. The molecule has 0 bridgehead atoms. The van der Waals surface area contributed by atoms with Crippen LogP contribution in [0, 0.1) is 0 Å². The van der Waals surface area contributed by atoms with Crippen molar-refractivity contribution < 1.29 is 24.0 Å². The molecule has 0 radical (unpaired) electrons. The Kier molecular flexibility index (Phi) is 26.7. The molecule has 5 amide bonds. The van der Waals surface area contributed by atoms with Crippen LogP contribution in [0.1, 0.15) is 122 Å². The van der Waals surface area contributed by atoms with Crippen molar-refractivity contribution in [1.82, 2.24) is 21.3 Å². The van der Waals surface area contributed by atoms with Gasteiger partial charge >= 0.3 is 0 Å². The van der Waals surface area contributed by atoms with E-state index in [-0.39, 0.29) is 38.3 Å². The lowest BCUT2D eigenvalue weighted by Gasteiger charge is -2.26. The van der Waals surface area contributed by atoms with Gasteiger partial charge in [0.15, 0.2) is 0 Å². The number of nitrogens with two attached hydrogens (primary N) is 5. The van der Waals surface area contributed by atoms with Crippen LogP contribution in [0.4, 0.5) is 0 Å². The van der Waals surface area contributed by atoms with Crippen LogP contribution in [-0.4, -0.2) is 79.9 Å². The van der Waals surface area contributed by atoms with Gasteiger partial charge in [0.25, 0.3) is 0 Å². The van der Waals surface area contributed by atoms with Crippen molar-refractivity contribution in [3.63, 3.8) is 0 Å². The molecule has 46 heavy (non-hydrogen) atoms. The van der Waals surface area contributed by atoms with E-state index in [4.69, 9.17) is 28.7 Å². The van der Waals surface area contributed by atoms with Crippen molar-refractivity contribution >= 4 is 29.5 Å². The summed E-state index contributed by atoms with van der Waals surface area (Å²) in [5.41, 5.74) is 28.0. The van der Waals surface area contributed by atoms with Crippen molar-refractivity contribution in [3.8, 4) is 0 Å². The molecule has 14 heteroatoms. The molecule has 14 nitrogen and oxygen atoms in total. The van der Waals surface area contributed by atoms with E-state index >= 15 is 0 Å². The first kappa shape index (κ1) is 43.2. The summed E-state index contributed by atoms with van der Waals surface area (Å²) in [6.45, 7) is 3.42. The Hall–Kier alpha value is -2.81. The minimum Gasteiger partial charge on any atom is -0.368 e. The Morgan fingerprint density at radius 3 is 1.15 bits per heavy atom. The van der Waals surface area contributed by atoms with Gasteiger partial charge in [0, 0.05) is 6.42 Å². The molecule has 4 unspecified atom stereocenters. The second kappa shape index (κ2) is 28.4. The molecule has 0 aromatic rings. The average molecular weight is 656 g/mol. The highest BCUT2D eigenvalue weighted by Gasteiger charge is 2.30. The minimum atomic E-state index is -1.02. The van der Waals surface area contributed by atoms with Gasteiger partial charge in [-0.25, -0.2) is 0 Å². The van der Waals surface area contributed by atoms with Gasteiger partial charge in [-0.05, 0) is 84.0 Å². The van der Waals surface area contributed by atoms with Crippen molar-refractivity contribution in [3.05, 3.63) is 0 Å². The quantitative estimate of drug-likeness (QED) is 0.0481. The van der Waals surface area contributed by atoms with E-state index in [9.17, 15) is 24.0 Å². The Balaban J connectivity index is 5.34. The maximum Gasteiger partial charge on any atom is 0.243 e. The number of carbonyl (C=O) groups excluding carboxylic acids is 5. The summed E-state index contributed by atoms with van der Waals surface area (Å²) in [6, 6.07) is -3.83. The van der Waals surface area contributed by atoms with E-state index in [0.717, 1.165) is 25.7 Å². The lowest BCUT2D eigenvalue weighted by Crippen LogP contribution is -2.58. The monoisotopic (exact) mass is 656 g/mol. The lowest BCUT2D eigenvalue weighted by molar-refractivity contribution is -0.134. The Morgan fingerprint density at radius 1 is 0.457 bits per heavy atom. The second-order valence-corrected chi connectivity index (χ2v) is 12.0. The highest BCUT2D eigenvalue weighted by molar-refractivity contribution is 5.95. The molecule has 4 atom stereocenters. The molecule has 0 saturated carbocycles. The number of hydrogen-bond acceptors (Lipinski definition) is 9. The van der Waals surface area contributed by atoms with Gasteiger partial charge in [-0.15, -0.1) is 0 Å². The standard InChI is InChI=1S/C32H65N9O5/c1-2-3-4-5-6-7-8-9-10-19-28(42)38-25(16-12-21-34)30(44)40-27(18-14-23-36)32(46)41-26(17-13-22-35)31(45)39-24(29(37)43)15-11-20-33/h24-27H,2-23,33-36H2,1H3,(H2,37,43)(H,38,42)(H,39,45)(H,40,44)(H,41,46). The van der Waals surface area contributed by atoms with Gasteiger partial charge in [-0.2, -0.15) is 0 Å². The summed E-state index contributed by atoms with van der Waals surface area (Å²) in [6.07, 6.45) is 13.3. The van der Waals surface area contributed by atoms with Gasteiger partial charge < -0.3 is 49.9 Å². The molecule has 0 fully saturated rings. The number of unbranched alkanes of at least 4 members (excludes halogenated alkanes) is 8. The Morgan fingerprint density at radius 2 is 0.783 bits per heavy atom. The largest absolute Gasteiger partial charge is 0.368 e. The third kappa shape index (κ3) is 21.1. The van der Waals surface area contributed by atoms with Crippen LogP contribution in [0.5, 0.6) is 0 Å². The third-order valence-corrected chi connectivity index (χ3v) is 7.87. The van der Waals surface area contributed by atoms with Gasteiger partial charge in [0.1, 0.15) is 24.2 Å². The molecule has 268 valence electrons. The van der Waals surface area contributed by atoms with Crippen LogP contribution in [0.3, 0.4) is 0 Å². The first-order valence-electron chi connectivity index (χ1n) is 17.4.